The van der Waals surface area contributed by atoms with E-state index >= 15 is 0 Å². The first kappa shape index (κ1) is 21.7. The zero-order valence-corrected chi connectivity index (χ0v) is 17.5. The predicted octanol–water partition coefficient (Wildman–Crippen LogP) is 4.59. The molecule has 1 aromatic carbocycles. The lowest BCUT2D eigenvalue weighted by atomic mass is 9.96. The topological polar surface area (TPSA) is 73.2 Å². The van der Waals surface area contributed by atoms with Crippen LogP contribution in [-0.2, 0) is 11.3 Å². The smallest absolute Gasteiger partial charge is 0.408 e. The summed E-state index contributed by atoms with van der Waals surface area (Å²) in [4.78, 5) is 24.4. The summed E-state index contributed by atoms with van der Waals surface area (Å²) in [5.74, 6) is 0.0624. The molecule has 2 rings (SSSR count). The molecule has 6 nitrogen and oxygen atoms in total. The van der Waals surface area contributed by atoms with Gasteiger partial charge < -0.3 is 10.1 Å². The molecule has 0 aliphatic heterocycles. The molecular formula is C22H31N3O3. The Morgan fingerprint density at radius 1 is 1.11 bits per heavy atom. The zero-order chi connectivity index (χ0) is 20.8. The molecule has 0 radical (unpaired) electrons. The van der Waals surface area contributed by atoms with Gasteiger partial charge in [-0.1, -0.05) is 30.3 Å². The average Bonchev–Trinajstić information content (AvgIpc) is 3.01. The van der Waals surface area contributed by atoms with Crippen LogP contribution >= 0.6 is 0 Å². The van der Waals surface area contributed by atoms with Crippen LogP contribution in [0.4, 0.5) is 4.79 Å². The molecule has 1 N–H and O–H groups in total. The van der Waals surface area contributed by atoms with Gasteiger partial charge in [0.2, 0.25) is 0 Å². The van der Waals surface area contributed by atoms with E-state index in [4.69, 9.17) is 4.74 Å². The molecule has 0 spiro atoms. The third-order valence-electron chi connectivity index (χ3n) is 4.19. The van der Waals surface area contributed by atoms with Gasteiger partial charge in [0.15, 0.2) is 5.78 Å². The number of carbonyl (C=O) groups is 2. The quantitative estimate of drug-likeness (QED) is 0.675. The molecule has 152 valence electrons. The van der Waals surface area contributed by atoms with Crippen molar-refractivity contribution in [1.82, 2.24) is 15.1 Å². The summed E-state index contributed by atoms with van der Waals surface area (Å²) in [5, 5.41) is 7.15. The first-order chi connectivity index (χ1) is 13.0. The van der Waals surface area contributed by atoms with Crippen LogP contribution in [0.3, 0.4) is 0 Å². The van der Waals surface area contributed by atoms with Crippen molar-refractivity contribution in [2.45, 2.75) is 71.6 Å². The highest BCUT2D eigenvalue weighted by molar-refractivity contribution is 5.95. The van der Waals surface area contributed by atoms with Crippen LogP contribution in [0.15, 0.2) is 42.7 Å². The van der Waals surface area contributed by atoms with E-state index in [1.807, 2.05) is 65.0 Å². The molecule has 0 fully saturated rings. The Morgan fingerprint density at radius 3 is 2.43 bits per heavy atom. The van der Waals surface area contributed by atoms with Gasteiger partial charge in [-0.25, -0.2) is 4.79 Å². The van der Waals surface area contributed by atoms with E-state index in [-0.39, 0.29) is 5.78 Å². The van der Waals surface area contributed by atoms with Gasteiger partial charge in [-0.2, -0.15) is 5.10 Å². The lowest BCUT2D eigenvalue weighted by Gasteiger charge is -2.28. The normalized spacial score (nSPS) is 11.9. The SMILES string of the molecule is CC(C)(CCCC(=O)c1cnn(Cc2ccccc2)c1)NC(=O)OC(C)(C)C. The van der Waals surface area contributed by atoms with Gasteiger partial charge in [-0.3, -0.25) is 9.48 Å². The second-order valence-electron chi connectivity index (χ2n) is 8.70. The summed E-state index contributed by atoms with van der Waals surface area (Å²) in [6, 6.07) is 10.0. The lowest BCUT2D eigenvalue weighted by molar-refractivity contribution is 0.0467. The van der Waals surface area contributed by atoms with Crippen LogP contribution < -0.4 is 5.32 Å². The second-order valence-corrected chi connectivity index (χ2v) is 8.70. The number of ketones is 1. The Morgan fingerprint density at radius 2 is 1.79 bits per heavy atom. The van der Waals surface area contributed by atoms with Gasteiger partial charge in [0, 0.05) is 18.2 Å². The zero-order valence-electron chi connectivity index (χ0n) is 17.5. The molecule has 0 saturated carbocycles. The molecular weight excluding hydrogens is 354 g/mol. The van der Waals surface area contributed by atoms with Crippen molar-refractivity contribution in [2.24, 2.45) is 0 Å². The Balaban J connectivity index is 1.79. The number of carbonyl (C=O) groups excluding carboxylic acids is 2. The fourth-order valence-corrected chi connectivity index (χ4v) is 2.84. The van der Waals surface area contributed by atoms with Crippen LogP contribution in [0.1, 0.15) is 69.8 Å². The van der Waals surface area contributed by atoms with Crippen LogP contribution in [-0.4, -0.2) is 32.8 Å². The number of Topliss-reactive ketones (excluding diaryl/α,β-unsaturated/α-hetero) is 1. The third kappa shape index (κ3) is 7.55. The Labute approximate surface area is 167 Å². The molecule has 0 atom stereocenters. The summed E-state index contributed by atoms with van der Waals surface area (Å²) in [6.07, 6.45) is 4.73. The Bertz CT molecular complexity index is 789. The van der Waals surface area contributed by atoms with E-state index in [0.717, 1.165) is 5.56 Å². The number of ether oxygens (including phenoxy) is 1. The van der Waals surface area contributed by atoms with Crippen molar-refractivity contribution < 1.29 is 14.3 Å². The van der Waals surface area contributed by atoms with Gasteiger partial charge in [0.05, 0.1) is 18.3 Å². The highest BCUT2D eigenvalue weighted by Gasteiger charge is 2.24. The van der Waals surface area contributed by atoms with Crippen LogP contribution in [0.25, 0.3) is 0 Å². The van der Waals surface area contributed by atoms with Crippen molar-refractivity contribution in [3.05, 3.63) is 53.9 Å². The van der Waals surface area contributed by atoms with Gasteiger partial charge in [-0.15, -0.1) is 0 Å². The largest absolute Gasteiger partial charge is 0.444 e. The van der Waals surface area contributed by atoms with Gasteiger partial charge in [0.25, 0.3) is 0 Å². The summed E-state index contributed by atoms with van der Waals surface area (Å²) in [5.41, 5.74) is 0.782. The number of rotatable bonds is 8. The first-order valence-electron chi connectivity index (χ1n) is 9.65. The van der Waals surface area contributed by atoms with Gasteiger partial charge in [-0.05, 0) is 53.0 Å². The van der Waals surface area contributed by atoms with Crippen molar-refractivity contribution in [2.75, 3.05) is 0 Å². The molecule has 1 amide bonds. The molecule has 0 aliphatic carbocycles. The van der Waals surface area contributed by atoms with Crippen molar-refractivity contribution >= 4 is 11.9 Å². The molecule has 0 aliphatic rings. The second kappa shape index (κ2) is 9.04. The number of hydrogen-bond donors (Lipinski definition) is 1. The van der Waals surface area contributed by atoms with Crippen molar-refractivity contribution in [1.29, 1.82) is 0 Å². The highest BCUT2D eigenvalue weighted by atomic mass is 16.6. The monoisotopic (exact) mass is 385 g/mol. The van der Waals surface area contributed by atoms with E-state index in [2.05, 4.69) is 10.4 Å². The lowest BCUT2D eigenvalue weighted by Crippen LogP contribution is -2.45. The standard InChI is InChI=1S/C22H31N3O3/c1-21(2,3)28-20(27)24-22(4,5)13-9-12-19(26)18-14-23-25(16-18)15-17-10-7-6-8-11-17/h6-8,10-11,14,16H,9,12-13,15H2,1-5H3,(H,24,27). The first-order valence-corrected chi connectivity index (χ1v) is 9.65. The average molecular weight is 386 g/mol. The molecule has 1 aromatic heterocycles. The Hall–Kier alpha value is -2.63. The van der Waals surface area contributed by atoms with Crippen LogP contribution in [0.2, 0.25) is 0 Å². The van der Waals surface area contributed by atoms with E-state index in [1.165, 1.54) is 0 Å². The number of benzene rings is 1. The fraction of sp³-hybridized carbons (Fsp3) is 0.500. The highest BCUT2D eigenvalue weighted by Crippen LogP contribution is 2.17. The minimum absolute atomic E-state index is 0.0624. The molecule has 0 bridgehead atoms. The van der Waals surface area contributed by atoms with Crippen LogP contribution in [0.5, 0.6) is 0 Å². The maximum atomic E-state index is 12.4. The third-order valence-corrected chi connectivity index (χ3v) is 4.19. The van der Waals surface area contributed by atoms with Gasteiger partial charge >= 0.3 is 6.09 Å². The number of nitrogens with one attached hydrogen (secondary N) is 1. The van der Waals surface area contributed by atoms with E-state index in [9.17, 15) is 9.59 Å². The van der Waals surface area contributed by atoms with Crippen molar-refractivity contribution in [3.8, 4) is 0 Å². The minimum atomic E-state index is -0.532. The number of aromatic nitrogens is 2. The summed E-state index contributed by atoms with van der Waals surface area (Å²) in [6.45, 7) is 9.99. The van der Waals surface area contributed by atoms with Crippen molar-refractivity contribution in [3.63, 3.8) is 0 Å². The molecule has 2 aromatic rings. The summed E-state index contributed by atoms with van der Waals surface area (Å²) < 4.78 is 7.07. The number of alkyl carbamates (subject to hydrolysis) is 1. The molecule has 0 unspecified atom stereocenters. The number of hydrogen-bond acceptors (Lipinski definition) is 4. The molecule has 1 heterocycles. The fourth-order valence-electron chi connectivity index (χ4n) is 2.84. The Kier molecular flexibility index (Phi) is 7.00. The molecule has 28 heavy (non-hydrogen) atoms. The summed E-state index contributed by atoms with van der Waals surface area (Å²) >= 11 is 0. The van der Waals surface area contributed by atoms with E-state index in [0.29, 0.717) is 31.4 Å². The maximum absolute atomic E-state index is 12.4. The van der Waals surface area contributed by atoms with E-state index in [1.54, 1.807) is 17.1 Å². The molecule has 6 heteroatoms. The maximum Gasteiger partial charge on any atom is 0.408 e. The summed E-state index contributed by atoms with van der Waals surface area (Å²) in [7, 11) is 0. The number of amides is 1. The minimum Gasteiger partial charge on any atom is -0.444 e. The number of nitrogens with zero attached hydrogens (tertiary/aromatic N) is 2. The predicted molar refractivity (Wildman–Crippen MR) is 109 cm³/mol. The molecule has 0 saturated heterocycles. The van der Waals surface area contributed by atoms with Crippen LogP contribution in [0, 0.1) is 0 Å². The van der Waals surface area contributed by atoms with Gasteiger partial charge in [0.1, 0.15) is 5.60 Å². The van der Waals surface area contributed by atoms with E-state index < -0.39 is 17.2 Å².